The number of ether oxygens (including phenoxy) is 6. The van der Waals surface area contributed by atoms with E-state index in [1.807, 2.05) is 26.0 Å². The maximum atomic E-state index is 12.9. The Morgan fingerprint density at radius 3 is 1.14 bits per heavy atom. The molecule has 10 atom stereocenters. The van der Waals surface area contributed by atoms with Gasteiger partial charge in [0.1, 0.15) is 0 Å². The van der Waals surface area contributed by atoms with Crippen molar-refractivity contribution < 1.29 is 47.6 Å². The summed E-state index contributed by atoms with van der Waals surface area (Å²) in [6.07, 6.45) is -6.28. The molecule has 4 aromatic rings. The minimum atomic E-state index is -1.50. The van der Waals surface area contributed by atoms with Gasteiger partial charge in [0.2, 0.25) is 18.7 Å². The Bertz CT molecular complexity index is 2020. The van der Waals surface area contributed by atoms with Crippen LogP contribution in [0.5, 0.6) is 0 Å². The highest BCUT2D eigenvalue weighted by Gasteiger charge is 2.51. The highest BCUT2D eigenvalue weighted by Crippen LogP contribution is 2.36. The minimum absolute atomic E-state index is 0.0577. The zero-order valence-electron chi connectivity index (χ0n) is 31.3. The second kappa shape index (κ2) is 19.3. The third-order valence-corrected chi connectivity index (χ3v) is 9.94. The van der Waals surface area contributed by atoms with Crippen LogP contribution in [0.15, 0.2) is 121 Å². The maximum absolute atomic E-state index is 12.9. The first-order valence-electron chi connectivity index (χ1n) is 18.2. The summed E-state index contributed by atoms with van der Waals surface area (Å²) < 4.78 is 33.8. The lowest BCUT2D eigenvalue weighted by molar-refractivity contribution is -0.252. The van der Waals surface area contributed by atoms with E-state index in [1.54, 1.807) is 122 Å². The molecule has 4 unspecified atom stereocenters. The van der Waals surface area contributed by atoms with Crippen molar-refractivity contribution in [3.63, 3.8) is 0 Å². The molecular weight excluding hydrogens is 716 g/mol. The summed E-state index contributed by atoms with van der Waals surface area (Å²) in [7, 11) is 0. The van der Waals surface area contributed by atoms with E-state index in [0.29, 0.717) is 5.56 Å². The summed E-state index contributed by atoms with van der Waals surface area (Å²) in [6, 6.07) is 37.6. The number of carbonyl (C=O) groups excluding carboxylic acids is 4. The molecule has 0 spiro atoms. The maximum Gasteiger partial charge on any atom is 0.340 e. The second-order valence-corrected chi connectivity index (χ2v) is 13.6. The van der Waals surface area contributed by atoms with Crippen molar-refractivity contribution in [2.24, 2.45) is 23.7 Å². The van der Waals surface area contributed by atoms with Gasteiger partial charge in [-0.25, -0.2) is 19.2 Å². The van der Waals surface area contributed by atoms with Crippen molar-refractivity contribution in [1.82, 2.24) is 0 Å². The van der Waals surface area contributed by atoms with Gasteiger partial charge in [-0.05, 0) is 60.4 Å². The Morgan fingerprint density at radius 1 is 0.429 bits per heavy atom. The fourth-order valence-corrected chi connectivity index (χ4v) is 6.22. The van der Waals surface area contributed by atoms with E-state index in [2.05, 4.69) is 13.0 Å². The molecule has 12 nitrogen and oxygen atoms in total. The summed E-state index contributed by atoms with van der Waals surface area (Å²) in [6.45, 7) is 7.67. The Hall–Kier alpha value is -6.34. The smallest absolute Gasteiger partial charge is 0.340 e. The van der Waals surface area contributed by atoms with E-state index in [0.717, 1.165) is 0 Å². The van der Waals surface area contributed by atoms with Gasteiger partial charge in [-0.15, -0.1) is 0 Å². The molecule has 0 N–H and O–H groups in total. The zero-order valence-corrected chi connectivity index (χ0v) is 31.3. The first-order chi connectivity index (χ1) is 27.0. The van der Waals surface area contributed by atoms with Gasteiger partial charge in [0.15, 0.2) is 18.3 Å². The van der Waals surface area contributed by atoms with E-state index in [4.69, 9.17) is 33.7 Å². The molecule has 2 aliphatic heterocycles. The van der Waals surface area contributed by atoms with Crippen molar-refractivity contribution in [3.05, 3.63) is 144 Å². The molecule has 56 heavy (non-hydrogen) atoms. The lowest BCUT2D eigenvalue weighted by atomic mass is 9.79. The van der Waals surface area contributed by atoms with Crippen LogP contribution in [0, 0.1) is 46.3 Å². The Morgan fingerprint density at radius 2 is 0.750 bits per heavy atom. The standard InChI is InChI=1S/C28H23NO7.C16H19NO3/c1-18-22(17-29)33-28(36-27(32)21-15-9-4-10-16-21)24(35-26(31)20-13-7-3-8-14-20)23(18)34-25(30)19-11-5-2-6-12-19;1-10-11(2)14(9-17)19-16(12(10)3)20-15(18)13-7-5-4-6-8-13/h2-16,18,22-24,28H,1H3;4-8,10-12,14,16H,1-3H3/t18-,22?,23-,24?,28+;10-,11-,12?,14?,16+/m10/s1. The van der Waals surface area contributed by atoms with Gasteiger partial charge < -0.3 is 28.4 Å². The summed E-state index contributed by atoms with van der Waals surface area (Å²) >= 11 is 0. The van der Waals surface area contributed by atoms with Gasteiger partial charge in [0.05, 0.1) is 34.4 Å². The topological polar surface area (TPSA) is 171 Å². The highest BCUT2D eigenvalue weighted by atomic mass is 16.7. The molecule has 2 saturated heterocycles. The van der Waals surface area contributed by atoms with Gasteiger partial charge in [-0.3, -0.25) is 0 Å². The molecule has 0 radical (unpaired) electrons. The third kappa shape index (κ3) is 10.0. The lowest BCUT2D eigenvalue weighted by Gasteiger charge is -2.41. The molecule has 12 heteroatoms. The van der Waals surface area contributed by atoms with Gasteiger partial charge in [-0.1, -0.05) is 100 Å². The van der Waals surface area contributed by atoms with Crippen LogP contribution in [0.4, 0.5) is 0 Å². The number of nitrogens with zero attached hydrogens (tertiary/aromatic N) is 2. The zero-order chi connectivity index (χ0) is 40.2. The van der Waals surface area contributed by atoms with E-state index in [-0.39, 0.29) is 34.4 Å². The first kappa shape index (κ1) is 40.8. The molecule has 0 aromatic heterocycles. The number of esters is 4. The minimum Gasteiger partial charge on any atom is -0.454 e. The quantitative estimate of drug-likeness (QED) is 0.131. The largest absolute Gasteiger partial charge is 0.454 e. The second-order valence-electron chi connectivity index (χ2n) is 13.6. The molecule has 0 saturated carbocycles. The van der Waals surface area contributed by atoms with Crippen LogP contribution < -0.4 is 0 Å². The van der Waals surface area contributed by atoms with Gasteiger partial charge in [0, 0.05) is 11.8 Å². The SMILES string of the molecule is CC1[C@@H](OC(=O)c2ccccc2)OC(C#N)[C@@H](C)[C@@H]1C.C[C@@H]1C(C#N)O[C@@H](OC(=O)c2ccccc2)C(OC(=O)c2ccccc2)[C@@H]1OC(=O)c1ccccc1. The molecule has 2 heterocycles. The van der Waals surface area contributed by atoms with E-state index in [9.17, 15) is 24.4 Å². The fraction of sp³-hybridized carbons (Fsp3) is 0.318. The fourth-order valence-electron chi connectivity index (χ4n) is 6.22. The summed E-state index contributed by atoms with van der Waals surface area (Å²) in [5.74, 6) is -2.84. The predicted molar refractivity (Wildman–Crippen MR) is 200 cm³/mol. The number of hydrogen-bond acceptors (Lipinski definition) is 12. The van der Waals surface area contributed by atoms with E-state index in [1.165, 1.54) is 0 Å². The van der Waals surface area contributed by atoms with Gasteiger partial charge >= 0.3 is 23.9 Å². The summed E-state index contributed by atoms with van der Waals surface area (Å²) in [5, 5.41) is 18.8. The highest BCUT2D eigenvalue weighted by molar-refractivity contribution is 5.91. The van der Waals surface area contributed by atoms with Crippen LogP contribution in [0.1, 0.15) is 69.1 Å². The molecule has 0 amide bonds. The molecule has 288 valence electrons. The van der Waals surface area contributed by atoms with Crippen LogP contribution in [0.3, 0.4) is 0 Å². The molecule has 0 aliphatic carbocycles. The van der Waals surface area contributed by atoms with Gasteiger partial charge in [0.25, 0.3) is 0 Å². The normalized spacial score (nSPS) is 26.7. The number of rotatable bonds is 8. The number of hydrogen-bond donors (Lipinski definition) is 0. The van der Waals surface area contributed by atoms with Crippen LogP contribution in [-0.4, -0.2) is 60.9 Å². The third-order valence-electron chi connectivity index (χ3n) is 9.94. The van der Waals surface area contributed by atoms with Crippen molar-refractivity contribution in [2.75, 3.05) is 0 Å². The lowest BCUT2D eigenvalue weighted by Crippen LogP contribution is -2.57. The molecular formula is C44H42N2O10. The number of benzene rings is 4. The molecule has 2 aliphatic rings. The van der Waals surface area contributed by atoms with Crippen LogP contribution in [0.25, 0.3) is 0 Å². The molecule has 0 bridgehead atoms. The first-order valence-corrected chi connectivity index (χ1v) is 18.2. The molecule has 6 rings (SSSR count). The Labute approximate surface area is 325 Å². The molecule has 4 aromatic carbocycles. The van der Waals surface area contributed by atoms with Crippen LogP contribution in [0.2, 0.25) is 0 Å². The van der Waals surface area contributed by atoms with Crippen molar-refractivity contribution in [3.8, 4) is 12.1 Å². The Balaban J connectivity index is 0.000000253. The monoisotopic (exact) mass is 758 g/mol. The van der Waals surface area contributed by atoms with E-state index >= 15 is 0 Å². The summed E-state index contributed by atoms with van der Waals surface area (Å²) in [5.41, 5.74) is 1.24. The summed E-state index contributed by atoms with van der Waals surface area (Å²) in [4.78, 5) is 50.7. The van der Waals surface area contributed by atoms with Crippen LogP contribution >= 0.6 is 0 Å². The average molecular weight is 759 g/mol. The molecule has 2 fully saturated rings. The van der Waals surface area contributed by atoms with Crippen molar-refractivity contribution in [2.45, 2.75) is 64.7 Å². The van der Waals surface area contributed by atoms with Gasteiger partial charge in [-0.2, -0.15) is 10.5 Å². The van der Waals surface area contributed by atoms with Crippen molar-refractivity contribution in [1.29, 1.82) is 10.5 Å². The average Bonchev–Trinajstić information content (AvgIpc) is 3.24. The predicted octanol–water partition coefficient (Wildman–Crippen LogP) is 7.18. The van der Waals surface area contributed by atoms with Crippen LogP contribution in [-0.2, 0) is 28.4 Å². The van der Waals surface area contributed by atoms with Crippen molar-refractivity contribution >= 4 is 23.9 Å². The van der Waals surface area contributed by atoms with E-state index < -0.39 is 66.8 Å². The number of carbonyl (C=O) groups is 4. The number of nitriles is 2. The Kier molecular flexibility index (Phi) is 14.1.